The molecule has 6 heteroatoms. The van der Waals surface area contributed by atoms with Crippen LogP contribution in [0.2, 0.25) is 0 Å². The molecule has 3 N–H and O–H groups in total. The second-order valence-electron chi connectivity index (χ2n) is 7.16. The quantitative estimate of drug-likeness (QED) is 0.523. The summed E-state index contributed by atoms with van der Waals surface area (Å²) in [5.41, 5.74) is -1.000. The smallest absolute Gasteiger partial charge is 0.191 e. The predicted octanol–water partition coefficient (Wildman–Crippen LogP) is 3.16. The van der Waals surface area contributed by atoms with Crippen molar-refractivity contribution in [2.75, 3.05) is 19.6 Å². The number of rotatable bonds is 7. The van der Waals surface area contributed by atoms with Gasteiger partial charge in [-0.15, -0.1) is 0 Å². The Morgan fingerprint density at radius 1 is 1.15 bits per heavy atom. The number of furan rings is 1. The molecule has 1 unspecified atom stereocenters. The summed E-state index contributed by atoms with van der Waals surface area (Å²) in [5.74, 6) is 0.808. The Morgan fingerprint density at radius 3 is 2.50 bits per heavy atom. The van der Waals surface area contributed by atoms with Crippen molar-refractivity contribution in [3.8, 4) is 0 Å². The van der Waals surface area contributed by atoms with Crippen LogP contribution in [0.5, 0.6) is 0 Å². The first kappa shape index (κ1) is 20.0. The molecular weight excluding hydrogens is 333 g/mol. The number of nitrogens with zero attached hydrogens (tertiary/aromatic N) is 1. The highest BCUT2D eigenvalue weighted by atomic mass is 19.1. The zero-order valence-electron chi connectivity index (χ0n) is 15.8. The summed E-state index contributed by atoms with van der Waals surface area (Å²) in [6.07, 6.45) is 1.53. The Hall–Kier alpha value is -2.34. The van der Waals surface area contributed by atoms with E-state index in [2.05, 4.69) is 15.6 Å². The molecule has 1 heterocycles. The highest BCUT2D eigenvalue weighted by Crippen LogP contribution is 2.26. The van der Waals surface area contributed by atoms with E-state index in [0.29, 0.717) is 30.4 Å². The normalized spacial score (nSPS) is 14.8. The van der Waals surface area contributed by atoms with Gasteiger partial charge in [-0.1, -0.05) is 32.0 Å². The highest BCUT2D eigenvalue weighted by molar-refractivity contribution is 5.79. The van der Waals surface area contributed by atoms with E-state index >= 15 is 0 Å². The van der Waals surface area contributed by atoms with Crippen LogP contribution >= 0.6 is 0 Å². The molecule has 1 atom stereocenters. The second kappa shape index (κ2) is 8.36. The van der Waals surface area contributed by atoms with Crippen LogP contribution in [0.4, 0.5) is 4.39 Å². The van der Waals surface area contributed by atoms with Crippen molar-refractivity contribution < 1.29 is 13.9 Å². The van der Waals surface area contributed by atoms with Gasteiger partial charge >= 0.3 is 0 Å². The van der Waals surface area contributed by atoms with E-state index in [9.17, 15) is 9.50 Å². The number of hydrogen-bond acceptors (Lipinski definition) is 3. The van der Waals surface area contributed by atoms with Gasteiger partial charge in [-0.3, -0.25) is 4.99 Å². The van der Waals surface area contributed by atoms with Crippen LogP contribution in [0.1, 0.15) is 39.0 Å². The van der Waals surface area contributed by atoms with Crippen molar-refractivity contribution >= 4 is 5.96 Å². The maximum atomic E-state index is 14.1. The number of guanidine groups is 1. The number of aliphatic imine (C=N–C) groups is 1. The van der Waals surface area contributed by atoms with E-state index < -0.39 is 11.0 Å². The van der Waals surface area contributed by atoms with E-state index in [4.69, 9.17) is 4.42 Å². The summed E-state index contributed by atoms with van der Waals surface area (Å²) in [5, 5.41) is 16.8. The molecule has 5 nitrogen and oxygen atoms in total. The third kappa shape index (κ3) is 5.08. The summed E-state index contributed by atoms with van der Waals surface area (Å²) < 4.78 is 19.4. The summed E-state index contributed by atoms with van der Waals surface area (Å²) >= 11 is 0. The molecule has 0 fully saturated rings. The first-order valence-corrected chi connectivity index (χ1v) is 8.80. The molecule has 26 heavy (non-hydrogen) atoms. The fourth-order valence-electron chi connectivity index (χ4n) is 2.64. The molecule has 2 rings (SSSR count). The van der Waals surface area contributed by atoms with Crippen LogP contribution < -0.4 is 10.6 Å². The molecular formula is C20H28FN3O2. The lowest BCUT2D eigenvalue weighted by molar-refractivity contribution is 0.0386. The first-order valence-electron chi connectivity index (χ1n) is 8.80. The Labute approximate surface area is 154 Å². The largest absolute Gasteiger partial charge is 0.466 e. The maximum absolute atomic E-state index is 14.1. The standard InChI is InChI=1S/C20H28FN3O2/c1-5-22-18(24-14-20(4,25)17-11-8-12-26-17)23-13-19(2,3)15-9-6-7-10-16(15)21/h6-12,25H,5,13-14H2,1-4H3,(H2,22,23,24). The van der Waals surface area contributed by atoms with Crippen molar-refractivity contribution in [2.24, 2.45) is 4.99 Å². The number of nitrogens with one attached hydrogen (secondary N) is 2. The highest BCUT2D eigenvalue weighted by Gasteiger charge is 2.27. The molecule has 0 bridgehead atoms. The van der Waals surface area contributed by atoms with Gasteiger partial charge in [0.05, 0.1) is 19.4 Å². The van der Waals surface area contributed by atoms with E-state index in [1.165, 1.54) is 12.3 Å². The van der Waals surface area contributed by atoms with Gasteiger partial charge in [0.2, 0.25) is 0 Å². The molecule has 142 valence electrons. The van der Waals surface area contributed by atoms with Gasteiger partial charge in [0, 0.05) is 12.0 Å². The molecule has 2 aromatic rings. The molecule has 1 aromatic carbocycles. The molecule has 1 aromatic heterocycles. The molecule has 0 aliphatic carbocycles. The lowest BCUT2D eigenvalue weighted by Crippen LogP contribution is -2.45. The van der Waals surface area contributed by atoms with Crippen molar-refractivity contribution in [1.29, 1.82) is 0 Å². The van der Waals surface area contributed by atoms with Gasteiger partial charge < -0.3 is 20.2 Å². The lowest BCUT2D eigenvalue weighted by atomic mass is 9.84. The minimum atomic E-state index is -1.17. The van der Waals surface area contributed by atoms with Crippen molar-refractivity contribution in [2.45, 2.75) is 38.7 Å². The van der Waals surface area contributed by atoms with Crippen LogP contribution in [0.15, 0.2) is 52.1 Å². The average Bonchev–Trinajstić information content (AvgIpc) is 3.13. The van der Waals surface area contributed by atoms with E-state index in [1.54, 1.807) is 31.2 Å². The molecule has 0 aliphatic heterocycles. The van der Waals surface area contributed by atoms with Crippen LogP contribution in [0, 0.1) is 5.82 Å². The Balaban J connectivity index is 2.07. The number of benzene rings is 1. The minimum absolute atomic E-state index is 0.229. The zero-order chi connectivity index (χ0) is 19.2. The van der Waals surface area contributed by atoms with Crippen molar-refractivity contribution in [1.82, 2.24) is 10.6 Å². The van der Waals surface area contributed by atoms with Gasteiger partial charge in [0.25, 0.3) is 0 Å². The van der Waals surface area contributed by atoms with Gasteiger partial charge in [-0.2, -0.15) is 0 Å². The molecule has 0 spiro atoms. The summed E-state index contributed by atoms with van der Waals surface area (Å²) in [7, 11) is 0. The summed E-state index contributed by atoms with van der Waals surface area (Å²) in [6.45, 7) is 8.85. The Morgan fingerprint density at radius 2 is 1.88 bits per heavy atom. The van der Waals surface area contributed by atoms with Crippen molar-refractivity contribution in [3.05, 3.63) is 59.8 Å². The SMILES string of the molecule is CCNC(=NCC(C)(C)c1ccccc1F)NCC(C)(O)c1ccco1. The molecule has 0 saturated carbocycles. The van der Waals surface area contributed by atoms with Gasteiger partial charge in [0.15, 0.2) is 5.96 Å². The Kier molecular flexibility index (Phi) is 6.42. The summed E-state index contributed by atoms with van der Waals surface area (Å²) in [4.78, 5) is 4.57. The van der Waals surface area contributed by atoms with E-state index in [0.717, 1.165) is 0 Å². The second-order valence-corrected chi connectivity index (χ2v) is 7.16. The molecule has 0 radical (unpaired) electrons. The number of aliphatic hydroxyl groups is 1. The summed E-state index contributed by atoms with van der Waals surface area (Å²) in [6, 6.07) is 10.2. The fraction of sp³-hybridized carbons (Fsp3) is 0.450. The minimum Gasteiger partial charge on any atom is -0.466 e. The lowest BCUT2D eigenvalue weighted by Gasteiger charge is -2.26. The third-order valence-electron chi connectivity index (χ3n) is 4.23. The average molecular weight is 361 g/mol. The number of halogens is 1. The molecule has 0 amide bonds. The van der Waals surface area contributed by atoms with Crippen molar-refractivity contribution in [3.63, 3.8) is 0 Å². The monoisotopic (exact) mass is 361 g/mol. The van der Waals surface area contributed by atoms with Crippen LogP contribution in [0.3, 0.4) is 0 Å². The van der Waals surface area contributed by atoms with Crippen LogP contribution in [0.25, 0.3) is 0 Å². The van der Waals surface area contributed by atoms with E-state index in [-0.39, 0.29) is 12.4 Å². The number of hydrogen-bond donors (Lipinski definition) is 3. The zero-order valence-corrected chi connectivity index (χ0v) is 15.8. The topological polar surface area (TPSA) is 69.8 Å². The molecule has 0 saturated heterocycles. The van der Waals surface area contributed by atoms with Gasteiger partial charge in [-0.25, -0.2) is 4.39 Å². The van der Waals surface area contributed by atoms with Crippen LogP contribution in [-0.2, 0) is 11.0 Å². The Bertz CT molecular complexity index is 724. The van der Waals surface area contributed by atoms with Gasteiger partial charge in [-0.05, 0) is 37.6 Å². The predicted molar refractivity (Wildman–Crippen MR) is 102 cm³/mol. The van der Waals surface area contributed by atoms with Gasteiger partial charge in [0.1, 0.15) is 17.2 Å². The maximum Gasteiger partial charge on any atom is 0.191 e. The third-order valence-corrected chi connectivity index (χ3v) is 4.23. The molecule has 0 aliphatic rings. The fourth-order valence-corrected chi connectivity index (χ4v) is 2.64. The van der Waals surface area contributed by atoms with E-state index in [1.807, 2.05) is 26.8 Å². The van der Waals surface area contributed by atoms with Crippen LogP contribution in [-0.4, -0.2) is 30.7 Å². The first-order chi connectivity index (χ1) is 12.3.